The topological polar surface area (TPSA) is 46.6 Å². The summed E-state index contributed by atoms with van der Waals surface area (Å²) in [4.78, 5) is 23.3. The highest BCUT2D eigenvalue weighted by Crippen LogP contribution is 2.36. The average Bonchev–Trinajstić information content (AvgIpc) is 2.42. The molecule has 0 aliphatic heterocycles. The van der Waals surface area contributed by atoms with Crippen LogP contribution in [0.4, 0.5) is 13.2 Å². The summed E-state index contributed by atoms with van der Waals surface area (Å²) in [5.74, 6) is -0.902. The summed E-state index contributed by atoms with van der Waals surface area (Å²) >= 11 is 0. The van der Waals surface area contributed by atoms with Gasteiger partial charge in [0.1, 0.15) is 12.0 Å². The summed E-state index contributed by atoms with van der Waals surface area (Å²) in [5.41, 5.74) is -1.18. The smallest absolute Gasteiger partial charge is 0.419 e. The molecule has 0 bridgehead atoms. The summed E-state index contributed by atoms with van der Waals surface area (Å²) in [5, 5.41) is 0. The monoisotopic (exact) mass is 289 g/mol. The number of likely N-dealkylation sites (N-methyl/N-ethyl adjacent to an activating group) is 1. The van der Waals surface area contributed by atoms with E-state index in [9.17, 15) is 22.8 Å². The maximum absolute atomic E-state index is 12.8. The Hall–Kier alpha value is -2.05. The molecule has 4 nitrogen and oxygen atoms in total. The summed E-state index contributed by atoms with van der Waals surface area (Å²) in [6.45, 7) is 1.67. The van der Waals surface area contributed by atoms with Crippen molar-refractivity contribution in [3.8, 4) is 5.75 Å². The Morgan fingerprint density at radius 1 is 1.40 bits per heavy atom. The summed E-state index contributed by atoms with van der Waals surface area (Å²) < 4.78 is 43.4. The number of benzene rings is 1. The second-order valence-electron chi connectivity index (χ2n) is 4.07. The molecule has 0 heterocycles. The lowest BCUT2D eigenvalue weighted by molar-refractivity contribution is -0.140. The van der Waals surface area contributed by atoms with Crippen LogP contribution in [0.3, 0.4) is 0 Å². The quantitative estimate of drug-likeness (QED) is 0.782. The molecule has 1 rings (SSSR count). The zero-order chi connectivity index (χ0) is 15.3. The molecule has 0 atom stereocenters. The number of carbonyl (C=O) groups is 2. The Balaban J connectivity index is 2.95. The number of hydrogen-bond donors (Lipinski definition) is 0. The van der Waals surface area contributed by atoms with Crippen LogP contribution in [-0.2, 0) is 11.0 Å². The van der Waals surface area contributed by atoms with Crippen molar-refractivity contribution in [3.05, 3.63) is 29.3 Å². The first-order valence-corrected chi connectivity index (χ1v) is 5.82. The van der Waals surface area contributed by atoms with Gasteiger partial charge in [0.2, 0.25) is 0 Å². The highest BCUT2D eigenvalue weighted by Gasteiger charge is 2.34. The molecule has 7 heteroatoms. The minimum Gasteiger partial charge on any atom is -0.483 e. The van der Waals surface area contributed by atoms with E-state index in [0.717, 1.165) is 6.07 Å². The van der Waals surface area contributed by atoms with Crippen molar-refractivity contribution in [1.82, 2.24) is 4.90 Å². The van der Waals surface area contributed by atoms with E-state index in [0.29, 0.717) is 18.9 Å². The molecule has 1 amide bonds. The number of nitrogens with zero attached hydrogens (tertiary/aromatic N) is 1. The number of alkyl halides is 3. The van der Waals surface area contributed by atoms with Gasteiger partial charge in [-0.1, -0.05) is 0 Å². The predicted molar refractivity (Wildman–Crippen MR) is 65.6 cm³/mol. The highest BCUT2D eigenvalue weighted by molar-refractivity contribution is 5.78. The maximum atomic E-state index is 12.8. The van der Waals surface area contributed by atoms with Crippen molar-refractivity contribution in [2.24, 2.45) is 0 Å². The van der Waals surface area contributed by atoms with Gasteiger partial charge >= 0.3 is 6.18 Å². The van der Waals surface area contributed by atoms with Crippen molar-refractivity contribution in [3.63, 3.8) is 0 Å². The SMILES string of the molecule is CCN(C)C(=O)COc1ccc(C=O)cc1C(F)(F)F. The van der Waals surface area contributed by atoms with Gasteiger partial charge in [0.15, 0.2) is 6.61 Å². The fraction of sp³-hybridized carbons (Fsp3) is 0.385. The third kappa shape index (κ3) is 3.97. The molecule has 110 valence electrons. The lowest BCUT2D eigenvalue weighted by Gasteiger charge is -2.17. The van der Waals surface area contributed by atoms with Gasteiger partial charge < -0.3 is 9.64 Å². The third-order valence-corrected chi connectivity index (χ3v) is 2.70. The van der Waals surface area contributed by atoms with Crippen molar-refractivity contribution in [2.75, 3.05) is 20.2 Å². The summed E-state index contributed by atoms with van der Waals surface area (Å²) in [6.07, 6.45) is -4.34. The van der Waals surface area contributed by atoms with Gasteiger partial charge in [-0.05, 0) is 25.1 Å². The minimum atomic E-state index is -4.66. The van der Waals surface area contributed by atoms with Crippen LogP contribution in [0, 0.1) is 0 Å². The van der Waals surface area contributed by atoms with Crippen LogP contribution in [0.15, 0.2) is 18.2 Å². The molecule has 1 aromatic rings. The molecule has 0 N–H and O–H groups in total. The molecular formula is C13H14F3NO3. The first kappa shape index (κ1) is 16.0. The van der Waals surface area contributed by atoms with Crippen LogP contribution >= 0.6 is 0 Å². The molecule has 0 aliphatic rings. The number of aldehydes is 1. The largest absolute Gasteiger partial charge is 0.483 e. The molecule has 0 unspecified atom stereocenters. The normalized spacial score (nSPS) is 11.1. The Bertz CT molecular complexity index is 500. The van der Waals surface area contributed by atoms with Gasteiger partial charge in [0.25, 0.3) is 5.91 Å². The van der Waals surface area contributed by atoms with E-state index in [2.05, 4.69) is 0 Å². The van der Waals surface area contributed by atoms with E-state index in [1.807, 2.05) is 0 Å². The third-order valence-electron chi connectivity index (χ3n) is 2.70. The summed E-state index contributed by atoms with van der Waals surface area (Å²) in [7, 11) is 1.52. The zero-order valence-corrected chi connectivity index (χ0v) is 11.0. The summed E-state index contributed by atoms with van der Waals surface area (Å²) in [6, 6.07) is 2.92. The van der Waals surface area contributed by atoms with E-state index in [4.69, 9.17) is 4.74 Å². The Labute approximate surface area is 114 Å². The molecule has 1 aromatic carbocycles. The number of halogens is 3. The first-order chi connectivity index (χ1) is 9.29. The number of hydrogen-bond acceptors (Lipinski definition) is 3. The second kappa shape index (κ2) is 6.40. The van der Waals surface area contributed by atoms with Crippen LogP contribution in [0.1, 0.15) is 22.8 Å². The molecule has 0 radical (unpaired) electrons. The van der Waals surface area contributed by atoms with E-state index >= 15 is 0 Å². The van der Waals surface area contributed by atoms with Crippen LogP contribution in [0.5, 0.6) is 5.75 Å². The molecule has 0 saturated heterocycles. The molecule has 0 saturated carbocycles. The number of ether oxygens (including phenoxy) is 1. The number of carbonyl (C=O) groups excluding carboxylic acids is 2. The average molecular weight is 289 g/mol. The van der Waals surface area contributed by atoms with Crippen LogP contribution in [0.2, 0.25) is 0 Å². The fourth-order valence-corrected chi connectivity index (χ4v) is 1.39. The maximum Gasteiger partial charge on any atom is 0.419 e. The molecular weight excluding hydrogens is 275 g/mol. The Morgan fingerprint density at radius 2 is 2.05 bits per heavy atom. The number of rotatable bonds is 5. The van der Waals surface area contributed by atoms with Crippen molar-refractivity contribution in [2.45, 2.75) is 13.1 Å². The van der Waals surface area contributed by atoms with E-state index in [-0.39, 0.29) is 5.56 Å². The van der Waals surface area contributed by atoms with E-state index < -0.39 is 30.0 Å². The van der Waals surface area contributed by atoms with Crippen LogP contribution < -0.4 is 4.74 Å². The predicted octanol–water partition coefficient (Wildman–Crippen LogP) is 2.38. The number of amides is 1. The fourth-order valence-electron chi connectivity index (χ4n) is 1.39. The van der Waals surface area contributed by atoms with Crippen molar-refractivity contribution in [1.29, 1.82) is 0 Å². The molecule has 0 aliphatic carbocycles. The van der Waals surface area contributed by atoms with Gasteiger partial charge in [-0.3, -0.25) is 9.59 Å². The zero-order valence-electron chi connectivity index (χ0n) is 11.0. The van der Waals surface area contributed by atoms with Crippen molar-refractivity contribution < 1.29 is 27.5 Å². The van der Waals surface area contributed by atoms with Crippen LogP contribution in [-0.4, -0.2) is 37.3 Å². The van der Waals surface area contributed by atoms with Crippen molar-refractivity contribution >= 4 is 12.2 Å². The van der Waals surface area contributed by atoms with Gasteiger partial charge in [-0.2, -0.15) is 13.2 Å². The molecule has 0 aromatic heterocycles. The van der Waals surface area contributed by atoms with Gasteiger partial charge in [0.05, 0.1) is 5.56 Å². The first-order valence-electron chi connectivity index (χ1n) is 5.82. The minimum absolute atomic E-state index is 0.110. The van der Waals surface area contributed by atoms with Gasteiger partial charge in [-0.25, -0.2) is 0 Å². The van der Waals surface area contributed by atoms with Gasteiger partial charge in [-0.15, -0.1) is 0 Å². The van der Waals surface area contributed by atoms with E-state index in [1.54, 1.807) is 6.92 Å². The standard InChI is InChI=1S/C13H14F3NO3/c1-3-17(2)12(19)8-20-11-5-4-9(7-18)6-10(11)13(14,15)16/h4-7H,3,8H2,1-2H3. The molecule has 0 fully saturated rings. The Kier molecular flexibility index (Phi) is 5.12. The molecule has 20 heavy (non-hydrogen) atoms. The Morgan fingerprint density at radius 3 is 2.55 bits per heavy atom. The van der Waals surface area contributed by atoms with Gasteiger partial charge in [0, 0.05) is 19.2 Å². The molecule has 0 spiro atoms. The second-order valence-corrected chi connectivity index (χ2v) is 4.07. The van der Waals surface area contributed by atoms with Crippen LogP contribution in [0.25, 0.3) is 0 Å². The lowest BCUT2D eigenvalue weighted by atomic mass is 10.1. The lowest BCUT2D eigenvalue weighted by Crippen LogP contribution is -2.31. The van der Waals surface area contributed by atoms with E-state index in [1.165, 1.54) is 18.0 Å². The highest BCUT2D eigenvalue weighted by atomic mass is 19.4.